The van der Waals surface area contributed by atoms with E-state index in [9.17, 15) is 26.3 Å². The smallest absolute Gasteiger partial charge is 0.326 e. The first-order chi connectivity index (χ1) is 9.49. The van der Waals surface area contributed by atoms with Gasteiger partial charge in [-0.2, -0.15) is 26.3 Å². The Morgan fingerprint density at radius 2 is 1.57 bits per heavy atom. The Hall–Kier alpha value is -1.38. The van der Waals surface area contributed by atoms with Gasteiger partial charge in [-0.15, -0.1) is 0 Å². The molecular weight excluding hydrogens is 300 g/mol. The van der Waals surface area contributed by atoms with Gasteiger partial charge in [0.25, 0.3) is 0 Å². The molecule has 1 aromatic heterocycles. The third-order valence-electron chi connectivity index (χ3n) is 3.98. The van der Waals surface area contributed by atoms with E-state index in [-0.39, 0.29) is 18.4 Å². The number of aromatic nitrogens is 2. The summed E-state index contributed by atoms with van der Waals surface area (Å²) in [6.45, 7) is 1.43. The topological polar surface area (TPSA) is 51.8 Å². The SMILES string of the molecule is CC(c1cnc(C(F)(F)F)nc1)C(N)C1(C(F)(F)F)CC1. The van der Waals surface area contributed by atoms with Gasteiger partial charge in [0, 0.05) is 24.4 Å². The molecule has 2 N–H and O–H groups in total. The molecule has 2 atom stereocenters. The zero-order chi connectivity index (χ0) is 16.1. The number of nitrogens with zero attached hydrogens (tertiary/aromatic N) is 2. The summed E-state index contributed by atoms with van der Waals surface area (Å²) in [7, 11) is 0. The highest BCUT2D eigenvalue weighted by molar-refractivity contribution is 5.19. The van der Waals surface area contributed by atoms with Gasteiger partial charge in [-0.1, -0.05) is 6.92 Å². The van der Waals surface area contributed by atoms with Crippen LogP contribution in [0.5, 0.6) is 0 Å². The molecule has 0 amide bonds. The normalized spacial score (nSPS) is 21.0. The summed E-state index contributed by atoms with van der Waals surface area (Å²) in [5.74, 6) is -2.12. The second-order valence-corrected chi connectivity index (χ2v) is 5.31. The molecule has 2 unspecified atom stereocenters. The first kappa shape index (κ1) is 16.0. The average Bonchev–Trinajstić information content (AvgIpc) is 3.17. The molecule has 1 aliphatic rings. The minimum Gasteiger partial charge on any atom is -0.326 e. The number of rotatable bonds is 3. The molecule has 1 heterocycles. The molecule has 1 saturated carbocycles. The van der Waals surface area contributed by atoms with Gasteiger partial charge in [-0.05, 0) is 18.4 Å². The van der Waals surface area contributed by atoms with E-state index in [4.69, 9.17) is 5.73 Å². The number of nitrogens with two attached hydrogens (primary N) is 1. The van der Waals surface area contributed by atoms with E-state index >= 15 is 0 Å². The van der Waals surface area contributed by atoms with E-state index in [1.807, 2.05) is 0 Å². The maximum absolute atomic E-state index is 13.0. The van der Waals surface area contributed by atoms with E-state index in [0.717, 1.165) is 12.4 Å². The molecule has 3 nitrogen and oxygen atoms in total. The Bertz CT molecular complexity index is 503. The number of hydrogen-bond donors (Lipinski definition) is 1. The fraction of sp³-hybridized carbons (Fsp3) is 0.667. The van der Waals surface area contributed by atoms with Crippen molar-refractivity contribution in [1.29, 1.82) is 0 Å². The number of alkyl halides is 6. The van der Waals surface area contributed by atoms with Crippen LogP contribution in [0, 0.1) is 5.41 Å². The monoisotopic (exact) mass is 313 g/mol. The van der Waals surface area contributed by atoms with Gasteiger partial charge in [0.15, 0.2) is 0 Å². The van der Waals surface area contributed by atoms with E-state index < -0.39 is 35.6 Å². The van der Waals surface area contributed by atoms with Crippen LogP contribution in [0.2, 0.25) is 0 Å². The van der Waals surface area contributed by atoms with Crippen molar-refractivity contribution in [2.45, 2.75) is 44.1 Å². The molecule has 1 fully saturated rings. The summed E-state index contributed by atoms with van der Waals surface area (Å²) in [5, 5.41) is 0. The fourth-order valence-electron chi connectivity index (χ4n) is 2.35. The molecule has 1 aromatic rings. The fourth-order valence-corrected chi connectivity index (χ4v) is 2.35. The second kappa shape index (κ2) is 4.82. The summed E-state index contributed by atoms with van der Waals surface area (Å²) < 4.78 is 76.0. The van der Waals surface area contributed by atoms with Crippen molar-refractivity contribution < 1.29 is 26.3 Å². The predicted molar refractivity (Wildman–Crippen MR) is 61.1 cm³/mol. The number of hydrogen-bond acceptors (Lipinski definition) is 3. The summed E-state index contributed by atoms with van der Waals surface area (Å²) >= 11 is 0. The maximum Gasteiger partial charge on any atom is 0.451 e. The average molecular weight is 313 g/mol. The standard InChI is InChI=1S/C12H13F6N3/c1-6(8(19)10(2-3-10)12(16,17)18)7-4-20-9(21-5-7)11(13,14)15/h4-6,8H,2-3,19H2,1H3. The quantitative estimate of drug-likeness (QED) is 0.871. The number of halogens is 6. The van der Waals surface area contributed by atoms with Crippen LogP contribution in [0.1, 0.15) is 37.1 Å². The molecule has 0 aliphatic heterocycles. The Kier molecular flexibility index (Phi) is 3.67. The van der Waals surface area contributed by atoms with Crippen molar-refractivity contribution in [3.8, 4) is 0 Å². The molecule has 1 aliphatic carbocycles. The molecule has 2 rings (SSSR count). The van der Waals surface area contributed by atoms with Crippen LogP contribution < -0.4 is 5.73 Å². The van der Waals surface area contributed by atoms with Crippen molar-refractivity contribution in [3.63, 3.8) is 0 Å². The van der Waals surface area contributed by atoms with Crippen LogP contribution >= 0.6 is 0 Å². The predicted octanol–water partition coefficient (Wildman–Crippen LogP) is 3.27. The van der Waals surface area contributed by atoms with Crippen LogP contribution in [-0.2, 0) is 6.18 Å². The summed E-state index contributed by atoms with van der Waals surface area (Å²) in [6, 6.07) is -1.24. The Morgan fingerprint density at radius 1 is 1.10 bits per heavy atom. The van der Waals surface area contributed by atoms with Crippen LogP contribution in [0.4, 0.5) is 26.3 Å². The zero-order valence-corrected chi connectivity index (χ0v) is 11.0. The third kappa shape index (κ3) is 2.83. The lowest BCUT2D eigenvalue weighted by Crippen LogP contribution is -2.45. The lowest BCUT2D eigenvalue weighted by Gasteiger charge is -2.30. The third-order valence-corrected chi connectivity index (χ3v) is 3.98. The molecule has 118 valence electrons. The van der Waals surface area contributed by atoms with Crippen molar-refractivity contribution >= 4 is 0 Å². The highest BCUT2D eigenvalue weighted by Crippen LogP contribution is 2.61. The van der Waals surface area contributed by atoms with Gasteiger partial charge in [0.05, 0.1) is 5.41 Å². The molecule has 0 bridgehead atoms. The highest BCUT2D eigenvalue weighted by atomic mass is 19.4. The molecule has 0 spiro atoms. The lowest BCUT2D eigenvalue weighted by atomic mass is 9.83. The van der Waals surface area contributed by atoms with Gasteiger partial charge in [0.1, 0.15) is 0 Å². The van der Waals surface area contributed by atoms with Gasteiger partial charge in [0.2, 0.25) is 5.82 Å². The first-order valence-electron chi connectivity index (χ1n) is 6.20. The molecule has 0 radical (unpaired) electrons. The highest BCUT2D eigenvalue weighted by Gasteiger charge is 2.67. The molecule has 0 saturated heterocycles. The largest absolute Gasteiger partial charge is 0.451 e. The van der Waals surface area contributed by atoms with E-state index in [2.05, 4.69) is 9.97 Å². The van der Waals surface area contributed by atoms with Crippen LogP contribution in [0.3, 0.4) is 0 Å². The molecule has 21 heavy (non-hydrogen) atoms. The van der Waals surface area contributed by atoms with Crippen molar-refractivity contribution in [2.24, 2.45) is 11.1 Å². The second-order valence-electron chi connectivity index (χ2n) is 5.31. The maximum atomic E-state index is 13.0. The Morgan fingerprint density at radius 3 is 1.90 bits per heavy atom. The minimum absolute atomic E-state index is 0.0660. The summed E-state index contributed by atoms with van der Waals surface area (Å²) in [6.07, 6.45) is -7.48. The van der Waals surface area contributed by atoms with E-state index in [1.54, 1.807) is 0 Å². The molecular formula is C12H13F6N3. The van der Waals surface area contributed by atoms with Crippen LogP contribution in [-0.4, -0.2) is 22.2 Å². The molecule has 0 aromatic carbocycles. The van der Waals surface area contributed by atoms with Gasteiger partial charge in [-0.25, -0.2) is 9.97 Å². The lowest BCUT2D eigenvalue weighted by molar-refractivity contribution is -0.194. The zero-order valence-electron chi connectivity index (χ0n) is 11.0. The summed E-state index contributed by atoms with van der Waals surface area (Å²) in [4.78, 5) is 6.29. The van der Waals surface area contributed by atoms with Gasteiger partial charge >= 0.3 is 12.4 Å². The van der Waals surface area contributed by atoms with E-state index in [0.29, 0.717) is 0 Å². The minimum atomic E-state index is -4.69. The van der Waals surface area contributed by atoms with Crippen molar-refractivity contribution in [1.82, 2.24) is 9.97 Å². The Balaban J connectivity index is 2.19. The van der Waals surface area contributed by atoms with Gasteiger partial charge < -0.3 is 5.73 Å². The van der Waals surface area contributed by atoms with Crippen molar-refractivity contribution in [2.75, 3.05) is 0 Å². The van der Waals surface area contributed by atoms with Crippen LogP contribution in [0.25, 0.3) is 0 Å². The van der Waals surface area contributed by atoms with Crippen molar-refractivity contribution in [3.05, 3.63) is 23.8 Å². The van der Waals surface area contributed by atoms with Crippen LogP contribution in [0.15, 0.2) is 12.4 Å². The summed E-state index contributed by atoms with van der Waals surface area (Å²) in [5.41, 5.74) is 3.91. The first-order valence-corrected chi connectivity index (χ1v) is 6.20. The molecule has 9 heteroatoms. The van der Waals surface area contributed by atoms with Gasteiger partial charge in [-0.3, -0.25) is 0 Å². The van der Waals surface area contributed by atoms with E-state index in [1.165, 1.54) is 6.92 Å². The Labute approximate surface area is 116 Å².